The Hall–Kier alpha value is -1.47. The molecule has 3 heterocycles. The van der Waals surface area contributed by atoms with Gasteiger partial charge in [0.25, 0.3) is 5.79 Å². The Kier molecular flexibility index (Phi) is 3.29. The minimum Gasteiger partial charge on any atom is -0.356 e. The molecule has 0 aromatic heterocycles. The van der Waals surface area contributed by atoms with Crippen molar-refractivity contribution < 1.29 is 23.8 Å². The van der Waals surface area contributed by atoms with Gasteiger partial charge in [-0.05, 0) is 26.3 Å². The molecule has 1 aromatic carbocycles. The van der Waals surface area contributed by atoms with Crippen LogP contribution < -0.4 is 0 Å². The summed E-state index contributed by atoms with van der Waals surface area (Å²) >= 11 is 0. The smallest absolute Gasteiger partial charge is 0.274 e. The van der Waals surface area contributed by atoms with E-state index in [1.54, 1.807) is 7.11 Å². The summed E-state index contributed by atoms with van der Waals surface area (Å²) in [5.41, 5.74) is 3.06. The summed E-state index contributed by atoms with van der Waals surface area (Å²) in [6.07, 6.45) is -0.748. The molecule has 3 aliphatic rings. The molecule has 6 heteroatoms. The molecule has 124 valence electrons. The molecule has 4 atom stereocenters. The van der Waals surface area contributed by atoms with Gasteiger partial charge < -0.3 is 23.8 Å². The van der Waals surface area contributed by atoms with E-state index >= 15 is 0 Å². The Morgan fingerprint density at radius 2 is 1.87 bits per heavy atom. The van der Waals surface area contributed by atoms with Gasteiger partial charge in [0.05, 0.1) is 12.1 Å². The molecule has 3 aliphatic heterocycles. The van der Waals surface area contributed by atoms with Gasteiger partial charge in [0.1, 0.15) is 6.10 Å². The van der Waals surface area contributed by atoms with Crippen molar-refractivity contribution in [3.8, 4) is 0 Å². The van der Waals surface area contributed by atoms with Crippen LogP contribution in [0, 0.1) is 6.92 Å². The quantitative estimate of drug-likeness (QED) is 0.837. The van der Waals surface area contributed by atoms with Crippen molar-refractivity contribution in [1.29, 1.82) is 0 Å². The molecule has 0 saturated carbocycles. The molecule has 0 unspecified atom stereocenters. The maximum absolute atomic E-state index is 6.02. The largest absolute Gasteiger partial charge is 0.356 e. The molecular weight excluding hydrogens is 298 g/mol. The third-order valence-electron chi connectivity index (χ3n) is 4.49. The van der Waals surface area contributed by atoms with Crippen LogP contribution in [0.5, 0.6) is 0 Å². The number of hydrogen-bond donors (Lipinski definition) is 0. The number of hydrogen-bond acceptors (Lipinski definition) is 6. The van der Waals surface area contributed by atoms with Crippen molar-refractivity contribution >= 4 is 5.71 Å². The van der Waals surface area contributed by atoms with E-state index in [0.29, 0.717) is 6.42 Å². The van der Waals surface area contributed by atoms with Crippen LogP contribution in [0.1, 0.15) is 31.4 Å². The zero-order valence-electron chi connectivity index (χ0n) is 13.7. The SMILES string of the molecule is CO[C@@H]1O[C@@]2(CC(c3ccc(C)cc3)=NO2)[C@H]2OC(C)(C)O[C@@H]12. The van der Waals surface area contributed by atoms with Crippen LogP contribution in [0.4, 0.5) is 0 Å². The van der Waals surface area contributed by atoms with Crippen LogP contribution in [0.2, 0.25) is 0 Å². The van der Waals surface area contributed by atoms with E-state index in [9.17, 15) is 0 Å². The van der Waals surface area contributed by atoms with Gasteiger partial charge in [-0.15, -0.1) is 0 Å². The first-order valence-electron chi connectivity index (χ1n) is 7.81. The summed E-state index contributed by atoms with van der Waals surface area (Å²) in [6.45, 7) is 5.81. The third kappa shape index (κ3) is 2.37. The molecule has 1 spiro atoms. The highest BCUT2D eigenvalue weighted by Crippen LogP contribution is 2.48. The van der Waals surface area contributed by atoms with Crippen LogP contribution in [0.3, 0.4) is 0 Å². The molecule has 0 bridgehead atoms. The van der Waals surface area contributed by atoms with Crippen LogP contribution in [0.25, 0.3) is 0 Å². The maximum atomic E-state index is 6.02. The molecule has 4 rings (SSSR count). The number of methoxy groups -OCH3 is 1. The predicted molar refractivity (Wildman–Crippen MR) is 81.9 cm³/mol. The molecule has 0 N–H and O–H groups in total. The first-order chi connectivity index (χ1) is 10.9. The van der Waals surface area contributed by atoms with E-state index in [1.165, 1.54) is 5.56 Å². The lowest BCUT2D eigenvalue weighted by molar-refractivity contribution is -0.313. The van der Waals surface area contributed by atoms with Gasteiger partial charge in [-0.25, -0.2) is 0 Å². The molecule has 0 radical (unpaired) electrons. The van der Waals surface area contributed by atoms with Gasteiger partial charge in [-0.1, -0.05) is 35.0 Å². The van der Waals surface area contributed by atoms with E-state index in [0.717, 1.165) is 11.3 Å². The fourth-order valence-corrected chi connectivity index (χ4v) is 3.39. The van der Waals surface area contributed by atoms with E-state index in [4.69, 9.17) is 23.8 Å². The topological polar surface area (TPSA) is 58.5 Å². The lowest BCUT2D eigenvalue weighted by atomic mass is 9.97. The molecule has 0 aliphatic carbocycles. The zero-order valence-corrected chi connectivity index (χ0v) is 13.7. The molecule has 0 amide bonds. The van der Waals surface area contributed by atoms with E-state index in [1.807, 2.05) is 26.0 Å². The zero-order chi connectivity index (χ0) is 16.2. The Morgan fingerprint density at radius 1 is 1.13 bits per heavy atom. The second kappa shape index (κ2) is 5.01. The number of rotatable bonds is 2. The standard InChI is InChI=1S/C17H21NO5/c1-10-5-7-11(8-6-10)12-9-17(23-18-12)14-13(15(19-4)22-17)20-16(2,3)21-14/h5-8,13-15H,9H2,1-4H3/t13-,14+,15-,17-/m1/s1. The van der Waals surface area contributed by atoms with E-state index in [-0.39, 0.29) is 12.2 Å². The lowest BCUT2D eigenvalue weighted by Crippen LogP contribution is -2.43. The summed E-state index contributed by atoms with van der Waals surface area (Å²) in [7, 11) is 1.59. The van der Waals surface area contributed by atoms with Crippen molar-refractivity contribution in [3.05, 3.63) is 35.4 Å². The fraction of sp³-hybridized carbons (Fsp3) is 0.588. The van der Waals surface area contributed by atoms with E-state index in [2.05, 4.69) is 24.2 Å². The van der Waals surface area contributed by atoms with Gasteiger partial charge >= 0.3 is 0 Å². The van der Waals surface area contributed by atoms with Gasteiger partial charge in [-0.2, -0.15) is 0 Å². The molecular formula is C17H21NO5. The first kappa shape index (κ1) is 15.1. The van der Waals surface area contributed by atoms with Gasteiger partial charge in [0, 0.05) is 7.11 Å². The maximum Gasteiger partial charge on any atom is 0.274 e. The van der Waals surface area contributed by atoms with Crippen LogP contribution in [-0.2, 0) is 23.8 Å². The van der Waals surface area contributed by atoms with Crippen LogP contribution in [0.15, 0.2) is 29.4 Å². The second-order valence-corrected chi connectivity index (χ2v) is 6.73. The predicted octanol–water partition coefficient (Wildman–Crippen LogP) is 2.34. The average Bonchev–Trinajstić information content (AvgIpc) is 3.14. The third-order valence-corrected chi connectivity index (χ3v) is 4.49. The van der Waals surface area contributed by atoms with Crippen LogP contribution in [-0.4, -0.2) is 42.9 Å². The summed E-state index contributed by atoms with van der Waals surface area (Å²) in [6, 6.07) is 8.17. The van der Waals surface area contributed by atoms with Crippen molar-refractivity contribution in [3.63, 3.8) is 0 Å². The summed E-state index contributed by atoms with van der Waals surface area (Å²) in [5.74, 6) is -1.68. The van der Waals surface area contributed by atoms with Gasteiger partial charge in [0.2, 0.25) is 0 Å². The summed E-state index contributed by atoms with van der Waals surface area (Å²) < 4.78 is 23.3. The molecule has 1 aromatic rings. The van der Waals surface area contributed by atoms with Gasteiger partial charge in [0.15, 0.2) is 18.2 Å². The molecule has 6 nitrogen and oxygen atoms in total. The van der Waals surface area contributed by atoms with Crippen molar-refractivity contribution in [2.24, 2.45) is 5.16 Å². The average molecular weight is 319 g/mol. The van der Waals surface area contributed by atoms with Crippen LogP contribution >= 0.6 is 0 Å². The number of aryl methyl sites for hydroxylation is 1. The Balaban J connectivity index is 1.60. The first-order valence-corrected chi connectivity index (χ1v) is 7.81. The Morgan fingerprint density at radius 3 is 2.57 bits per heavy atom. The van der Waals surface area contributed by atoms with Crippen molar-refractivity contribution in [2.75, 3.05) is 7.11 Å². The van der Waals surface area contributed by atoms with Crippen molar-refractivity contribution in [2.45, 2.75) is 57.3 Å². The minimum absolute atomic E-state index is 0.331. The number of ether oxygens (including phenoxy) is 4. The minimum atomic E-state index is -0.987. The van der Waals surface area contributed by atoms with Gasteiger partial charge in [-0.3, -0.25) is 0 Å². The fourth-order valence-electron chi connectivity index (χ4n) is 3.39. The number of nitrogens with zero attached hydrogens (tertiary/aromatic N) is 1. The van der Waals surface area contributed by atoms with E-state index < -0.39 is 17.9 Å². The lowest BCUT2D eigenvalue weighted by Gasteiger charge is -2.28. The Labute approximate surface area is 135 Å². The summed E-state index contributed by atoms with van der Waals surface area (Å²) in [4.78, 5) is 5.72. The monoisotopic (exact) mass is 319 g/mol. The van der Waals surface area contributed by atoms with Crippen molar-refractivity contribution in [1.82, 2.24) is 0 Å². The Bertz CT molecular complexity index is 641. The molecule has 2 saturated heterocycles. The number of oxime groups is 1. The number of benzene rings is 1. The molecule has 2 fully saturated rings. The normalized spacial score (nSPS) is 37.7. The highest BCUT2D eigenvalue weighted by Gasteiger charge is 2.67. The summed E-state index contributed by atoms with van der Waals surface area (Å²) in [5, 5.41) is 4.25. The number of fused-ring (bicyclic) bond motifs is 2. The second-order valence-electron chi connectivity index (χ2n) is 6.73. The highest BCUT2D eigenvalue weighted by atomic mass is 16.9. The molecule has 23 heavy (non-hydrogen) atoms. The highest BCUT2D eigenvalue weighted by molar-refractivity contribution is 6.01.